The number of anilines is 1. The van der Waals surface area contributed by atoms with E-state index in [2.05, 4.69) is 22.3 Å². The molecule has 0 spiro atoms. The van der Waals surface area contributed by atoms with Crippen LogP contribution in [0.15, 0.2) is 63.5 Å². The molecule has 0 N–H and O–H groups in total. The molecule has 1 amide bonds. The van der Waals surface area contributed by atoms with Crippen LogP contribution in [-0.2, 0) is 15.3 Å². The maximum atomic E-state index is 13.2. The number of Topliss-reactive ketones (excluding diaryl/α,β-unsaturated/α-hetero) is 1. The van der Waals surface area contributed by atoms with Gasteiger partial charge in [-0.3, -0.25) is 14.5 Å². The van der Waals surface area contributed by atoms with Crippen LogP contribution in [-0.4, -0.2) is 21.9 Å². The number of carbonyl (C=O) groups is 2. The first-order valence-electron chi connectivity index (χ1n) is 9.83. The van der Waals surface area contributed by atoms with Gasteiger partial charge < -0.3 is 0 Å². The molecule has 0 saturated heterocycles. The molecule has 2 aliphatic rings. The number of allylic oxidation sites excluding steroid dienone is 2. The van der Waals surface area contributed by atoms with Gasteiger partial charge in [0, 0.05) is 40.7 Å². The normalized spacial score (nSPS) is 19.3. The van der Waals surface area contributed by atoms with Gasteiger partial charge in [0.1, 0.15) is 0 Å². The highest BCUT2D eigenvalue weighted by Crippen LogP contribution is 2.45. The van der Waals surface area contributed by atoms with Crippen molar-refractivity contribution in [2.24, 2.45) is 0 Å². The second kappa shape index (κ2) is 8.45. The number of nitrogens with zero attached hydrogens (tertiary/aromatic N) is 3. The van der Waals surface area contributed by atoms with E-state index in [1.165, 1.54) is 16.9 Å². The maximum absolute atomic E-state index is 13.2. The smallest absolute Gasteiger partial charge is 0.234 e. The van der Waals surface area contributed by atoms with Crippen LogP contribution in [0.5, 0.6) is 0 Å². The molecule has 30 heavy (non-hydrogen) atoms. The molecule has 0 radical (unpaired) electrons. The number of ketones is 1. The van der Waals surface area contributed by atoms with Crippen molar-refractivity contribution in [3.05, 3.63) is 69.6 Å². The zero-order chi connectivity index (χ0) is 20.5. The van der Waals surface area contributed by atoms with Gasteiger partial charge in [-0.15, -0.1) is 21.5 Å². The first kappa shape index (κ1) is 19.7. The first-order valence-corrected chi connectivity index (χ1v) is 12.5. The Labute approximate surface area is 186 Å². The summed E-state index contributed by atoms with van der Waals surface area (Å²) >= 11 is 4.64. The largest absolute Gasteiger partial charge is 0.294 e. The van der Waals surface area contributed by atoms with Gasteiger partial charge in [0.25, 0.3) is 0 Å². The van der Waals surface area contributed by atoms with Crippen LogP contribution in [0.25, 0.3) is 0 Å². The third-order valence-corrected chi connectivity index (χ3v) is 8.45. The molecule has 1 aliphatic heterocycles. The molecule has 2 aromatic heterocycles. The van der Waals surface area contributed by atoms with Crippen LogP contribution >= 0.6 is 34.4 Å². The third kappa shape index (κ3) is 3.75. The number of thioether (sulfide) groups is 1. The average molecular weight is 454 g/mol. The Morgan fingerprint density at radius 3 is 2.73 bits per heavy atom. The van der Waals surface area contributed by atoms with Crippen LogP contribution in [0.4, 0.5) is 5.13 Å². The molecule has 1 atom stereocenters. The summed E-state index contributed by atoms with van der Waals surface area (Å²) < 4.78 is 0.825. The van der Waals surface area contributed by atoms with E-state index >= 15 is 0 Å². The zero-order valence-corrected chi connectivity index (χ0v) is 18.6. The predicted octanol–water partition coefficient (Wildman–Crippen LogP) is 5.42. The summed E-state index contributed by atoms with van der Waals surface area (Å²) in [6.07, 6.45) is 2.35. The van der Waals surface area contributed by atoms with Gasteiger partial charge in [0.05, 0.1) is 0 Å². The fourth-order valence-electron chi connectivity index (χ4n) is 4.02. The van der Waals surface area contributed by atoms with Crippen LogP contribution in [0, 0.1) is 0 Å². The Morgan fingerprint density at radius 1 is 1.07 bits per heavy atom. The summed E-state index contributed by atoms with van der Waals surface area (Å²) in [5, 5.41) is 11.2. The van der Waals surface area contributed by atoms with Gasteiger partial charge in [-0.25, -0.2) is 0 Å². The highest BCUT2D eigenvalue weighted by atomic mass is 32.2. The number of rotatable bonds is 5. The van der Waals surface area contributed by atoms with Gasteiger partial charge in [-0.1, -0.05) is 59.5 Å². The molecule has 5 rings (SSSR count). The minimum atomic E-state index is -0.128. The second-order valence-corrected chi connectivity index (χ2v) is 10.4. The van der Waals surface area contributed by atoms with E-state index in [-0.39, 0.29) is 17.6 Å². The van der Waals surface area contributed by atoms with E-state index in [0.29, 0.717) is 18.0 Å². The summed E-state index contributed by atoms with van der Waals surface area (Å²) in [7, 11) is 0. The Hall–Kier alpha value is -2.29. The van der Waals surface area contributed by atoms with Crippen molar-refractivity contribution in [3.8, 4) is 0 Å². The zero-order valence-electron chi connectivity index (χ0n) is 16.1. The van der Waals surface area contributed by atoms with Crippen molar-refractivity contribution in [2.75, 3.05) is 4.90 Å². The molecule has 0 saturated carbocycles. The van der Waals surface area contributed by atoms with Crippen molar-refractivity contribution in [1.29, 1.82) is 0 Å². The molecule has 152 valence electrons. The van der Waals surface area contributed by atoms with Gasteiger partial charge in [0.2, 0.25) is 11.0 Å². The van der Waals surface area contributed by atoms with Gasteiger partial charge in [-0.05, 0) is 29.9 Å². The number of hydrogen-bond donors (Lipinski definition) is 0. The van der Waals surface area contributed by atoms with Gasteiger partial charge in [-0.2, -0.15) is 0 Å². The molecule has 1 aliphatic carbocycles. The second-order valence-electron chi connectivity index (χ2n) is 7.26. The van der Waals surface area contributed by atoms with E-state index in [1.54, 1.807) is 28.0 Å². The number of amides is 1. The van der Waals surface area contributed by atoms with Crippen LogP contribution in [0.3, 0.4) is 0 Å². The van der Waals surface area contributed by atoms with E-state index in [1.807, 2.05) is 35.7 Å². The van der Waals surface area contributed by atoms with Crippen LogP contribution in [0.1, 0.15) is 42.0 Å². The highest BCUT2D eigenvalue weighted by molar-refractivity contribution is 8.00. The van der Waals surface area contributed by atoms with E-state index in [4.69, 9.17) is 0 Å². The molecule has 5 nitrogen and oxygen atoms in total. The molecule has 0 fully saturated rings. The lowest BCUT2D eigenvalue weighted by molar-refractivity contribution is -0.119. The van der Waals surface area contributed by atoms with Crippen molar-refractivity contribution in [1.82, 2.24) is 10.2 Å². The summed E-state index contributed by atoms with van der Waals surface area (Å²) in [5.74, 6) is 0.834. The van der Waals surface area contributed by atoms with Crippen molar-refractivity contribution in [2.45, 2.75) is 41.7 Å². The van der Waals surface area contributed by atoms with Crippen molar-refractivity contribution >= 4 is 51.3 Å². The lowest BCUT2D eigenvalue weighted by Gasteiger charge is -2.36. The van der Waals surface area contributed by atoms with Crippen LogP contribution < -0.4 is 4.90 Å². The molecule has 8 heteroatoms. The molecule has 3 heterocycles. The summed E-state index contributed by atoms with van der Waals surface area (Å²) in [6, 6.07) is 14.2. The SMILES string of the molecule is O=C1CCCC2=C1[C@H](c1cccs1)CC(=O)N2c1nnc(SCc2ccccc2)s1. The quantitative estimate of drug-likeness (QED) is 0.381. The lowest BCUT2D eigenvalue weighted by atomic mass is 9.80. The molecule has 1 aromatic carbocycles. The van der Waals surface area contributed by atoms with E-state index in [9.17, 15) is 9.59 Å². The Balaban J connectivity index is 1.45. The Bertz CT molecular complexity index is 1110. The van der Waals surface area contributed by atoms with Gasteiger partial charge >= 0.3 is 0 Å². The van der Waals surface area contributed by atoms with Crippen molar-refractivity contribution in [3.63, 3.8) is 0 Å². The first-order chi connectivity index (χ1) is 14.7. The fraction of sp³-hybridized carbons (Fsp3) is 0.273. The lowest BCUT2D eigenvalue weighted by Crippen LogP contribution is -2.40. The third-order valence-electron chi connectivity index (χ3n) is 5.35. The average Bonchev–Trinajstić information content (AvgIpc) is 3.45. The summed E-state index contributed by atoms with van der Waals surface area (Å²) in [5.41, 5.74) is 2.85. The molecule has 0 unspecified atom stereocenters. The molecule has 0 bridgehead atoms. The topological polar surface area (TPSA) is 63.2 Å². The molecular weight excluding hydrogens is 434 g/mol. The standard InChI is InChI=1S/C22H19N3O2S3/c26-17-9-4-8-16-20(17)15(18-10-5-11-28-18)12-19(27)25(16)21-23-24-22(30-21)29-13-14-6-2-1-3-7-14/h1-3,5-7,10-11,15H,4,8-9,12-13H2/t15-/m0/s1. The Morgan fingerprint density at radius 2 is 1.93 bits per heavy atom. The molecule has 3 aromatic rings. The summed E-state index contributed by atoms with van der Waals surface area (Å²) in [6.45, 7) is 0. The minimum Gasteiger partial charge on any atom is -0.294 e. The highest BCUT2D eigenvalue weighted by Gasteiger charge is 2.41. The summed E-state index contributed by atoms with van der Waals surface area (Å²) in [4.78, 5) is 28.8. The minimum absolute atomic E-state index is 0.00221. The van der Waals surface area contributed by atoms with Gasteiger partial charge in [0.15, 0.2) is 10.1 Å². The van der Waals surface area contributed by atoms with Crippen LogP contribution in [0.2, 0.25) is 0 Å². The van der Waals surface area contributed by atoms with E-state index in [0.717, 1.165) is 39.1 Å². The monoisotopic (exact) mass is 453 g/mol. The maximum Gasteiger partial charge on any atom is 0.234 e. The number of thiophene rings is 1. The van der Waals surface area contributed by atoms with E-state index < -0.39 is 0 Å². The van der Waals surface area contributed by atoms with Crippen molar-refractivity contribution < 1.29 is 9.59 Å². The predicted molar refractivity (Wildman–Crippen MR) is 121 cm³/mol. The number of aromatic nitrogens is 2. The molecular formula is C22H19N3O2S3. The number of benzene rings is 1. The Kier molecular flexibility index (Phi) is 5.54. The number of hydrogen-bond acceptors (Lipinski definition) is 7. The number of carbonyl (C=O) groups excluding carboxylic acids is 2. The fourth-order valence-corrected chi connectivity index (χ4v) is 6.69.